The molecule has 1 aromatic carbocycles. The van der Waals surface area contributed by atoms with Gasteiger partial charge in [0.25, 0.3) is 0 Å². The highest BCUT2D eigenvalue weighted by Gasteiger charge is 2.35. The van der Waals surface area contributed by atoms with Crippen molar-refractivity contribution < 1.29 is 9.47 Å². The molecule has 1 saturated heterocycles. The summed E-state index contributed by atoms with van der Waals surface area (Å²) in [5, 5.41) is 3.31. The van der Waals surface area contributed by atoms with E-state index in [9.17, 15) is 0 Å². The number of benzene rings is 1. The molecule has 1 unspecified atom stereocenters. The van der Waals surface area contributed by atoms with Gasteiger partial charge in [-0.2, -0.15) is 0 Å². The molecule has 1 aromatic rings. The third-order valence-corrected chi connectivity index (χ3v) is 2.56. The lowest BCUT2D eigenvalue weighted by atomic mass is 10.0. The van der Waals surface area contributed by atoms with Gasteiger partial charge in [-0.3, -0.25) is 0 Å². The topological polar surface area (TPSA) is 30.5 Å². The predicted molar refractivity (Wildman–Crippen MR) is 58.6 cm³/mol. The van der Waals surface area contributed by atoms with Crippen molar-refractivity contribution in [2.75, 3.05) is 26.3 Å². The van der Waals surface area contributed by atoms with Gasteiger partial charge in [-0.1, -0.05) is 30.3 Å². The minimum Gasteiger partial charge on any atom is -0.345 e. The Labute approximate surface area is 90.4 Å². The highest BCUT2D eigenvalue weighted by molar-refractivity contribution is 5.21. The lowest BCUT2D eigenvalue weighted by Crippen LogP contribution is -2.49. The molecule has 1 N–H and O–H groups in total. The molecule has 2 rings (SSSR count). The molecule has 1 aliphatic heterocycles. The molecule has 0 aliphatic carbocycles. The van der Waals surface area contributed by atoms with Crippen LogP contribution in [0.5, 0.6) is 0 Å². The molecule has 1 heterocycles. The van der Waals surface area contributed by atoms with Crippen LogP contribution in [0.1, 0.15) is 12.5 Å². The van der Waals surface area contributed by atoms with Crippen molar-refractivity contribution in [3.8, 4) is 0 Å². The fourth-order valence-corrected chi connectivity index (χ4v) is 1.88. The van der Waals surface area contributed by atoms with Gasteiger partial charge in [0.2, 0.25) is 5.79 Å². The van der Waals surface area contributed by atoms with Gasteiger partial charge >= 0.3 is 0 Å². The maximum absolute atomic E-state index is 5.81. The van der Waals surface area contributed by atoms with Crippen LogP contribution in [0, 0.1) is 0 Å². The first kappa shape index (κ1) is 10.6. The van der Waals surface area contributed by atoms with E-state index in [4.69, 9.17) is 9.47 Å². The van der Waals surface area contributed by atoms with E-state index in [1.807, 2.05) is 37.3 Å². The van der Waals surface area contributed by atoms with Crippen LogP contribution in [0.25, 0.3) is 0 Å². The monoisotopic (exact) mass is 207 g/mol. The molecule has 82 valence electrons. The van der Waals surface area contributed by atoms with E-state index in [0.717, 1.165) is 12.1 Å². The molecule has 3 heteroatoms. The summed E-state index contributed by atoms with van der Waals surface area (Å²) >= 11 is 0. The fraction of sp³-hybridized carbons (Fsp3) is 0.500. The predicted octanol–water partition coefficient (Wildman–Crippen LogP) is 1.50. The van der Waals surface area contributed by atoms with E-state index in [0.29, 0.717) is 19.8 Å². The van der Waals surface area contributed by atoms with Gasteiger partial charge in [0.1, 0.15) is 0 Å². The maximum atomic E-state index is 5.81. The largest absolute Gasteiger partial charge is 0.345 e. The first-order valence-corrected chi connectivity index (χ1v) is 5.41. The van der Waals surface area contributed by atoms with Crippen molar-refractivity contribution in [3.05, 3.63) is 35.9 Å². The normalized spacial score (nSPS) is 26.5. The Morgan fingerprint density at radius 2 is 2.20 bits per heavy atom. The zero-order chi connectivity index (χ0) is 10.6. The summed E-state index contributed by atoms with van der Waals surface area (Å²) < 4.78 is 11.6. The number of hydrogen-bond acceptors (Lipinski definition) is 3. The minimum atomic E-state index is -0.589. The van der Waals surface area contributed by atoms with Crippen LogP contribution >= 0.6 is 0 Å². The molecular weight excluding hydrogens is 190 g/mol. The zero-order valence-corrected chi connectivity index (χ0v) is 9.03. The average Bonchev–Trinajstić information content (AvgIpc) is 2.32. The number of ether oxygens (including phenoxy) is 2. The second kappa shape index (κ2) is 4.75. The van der Waals surface area contributed by atoms with Crippen LogP contribution < -0.4 is 5.32 Å². The Morgan fingerprint density at radius 3 is 2.80 bits per heavy atom. The molecule has 0 bridgehead atoms. The van der Waals surface area contributed by atoms with Gasteiger partial charge < -0.3 is 14.8 Å². The van der Waals surface area contributed by atoms with Crippen molar-refractivity contribution in [2.24, 2.45) is 0 Å². The third-order valence-electron chi connectivity index (χ3n) is 2.56. The molecule has 0 amide bonds. The Morgan fingerprint density at radius 1 is 1.40 bits per heavy atom. The van der Waals surface area contributed by atoms with Crippen molar-refractivity contribution >= 4 is 0 Å². The van der Waals surface area contributed by atoms with Crippen LogP contribution in [-0.4, -0.2) is 26.3 Å². The van der Waals surface area contributed by atoms with Crippen LogP contribution in [0.2, 0.25) is 0 Å². The maximum Gasteiger partial charge on any atom is 0.207 e. The quantitative estimate of drug-likeness (QED) is 0.814. The molecule has 1 atom stereocenters. The summed E-state index contributed by atoms with van der Waals surface area (Å²) in [5.41, 5.74) is 1.08. The summed E-state index contributed by atoms with van der Waals surface area (Å²) in [6, 6.07) is 10.1. The molecule has 0 radical (unpaired) electrons. The SMILES string of the molecule is CCOC1(c2ccccc2)CNCCO1. The highest BCUT2D eigenvalue weighted by atomic mass is 16.7. The molecule has 0 saturated carbocycles. The molecule has 1 fully saturated rings. The summed E-state index contributed by atoms with van der Waals surface area (Å²) in [6.45, 7) is 4.93. The van der Waals surface area contributed by atoms with Gasteiger partial charge in [-0.25, -0.2) is 0 Å². The molecule has 1 aliphatic rings. The van der Waals surface area contributed by atoms with E-state index in [2.05, 4.69) is 5.32 Å². The van der Waals surface area contributed by atoms with E-state index in [1.54, 1.807) is 0 Å². The number of nitrogens with one attached hydrogen (secondary N) is 1. The fourth-order valence-electron chi connectivity index (χ4n) is 1.88. The lowest BCUT2D eigenvalue weighted by molar-refractivity contribution is -0.253. The minimum absolute atomic E-state index is 0.589. The zero-order valence-electron chi connectivity index (χ0n) is 9.03. The molecule has 0 aromatic heterocycles. The second-order valence-corrected chi connectivity index (χ2v) is 3.58. The second-order valence-electron chi connectivity index (χ2n) is 3.58. The number of hydrogen-bond donors (Lipinski definition) is 1. The van der Waals surface area contributed by atoms with Gasteiger partial charge in [0, 0.05) is 18.7 Å². The van der Waals surface area contributed by atoms with Gasteiger partial charge in [-0.05, 0) is 6.92 Å². The Hall–Kier alpha value is -0.900. The van der Waals surface area contributed by atoms with Crippen molar-refractivity contribution in [1.82, 2.24) is 5.32 Å². The number of rotatable bonds is 3. The van der Waals surface area contributed by atoms with E-state index in [-0.39, 0.29) is 0 Å². The average molecular weight is 207 g/mol. The summed E-state index contributed by atoms with van der Waals surface area (Å²) in [5.74, 6) is -0.589. The van der Waals surface area contributed by atoms with Crippen LogP contribution in [0.4, 0.5) is 0 Å². The molecular formula is C12H17NO2. The number of morpholine rings is 1. The van der Waals surface area contributed by atoms with Gasteiger partial charge in [-0.15, -0.1) is 0 Å². The van der Waals surface area contributed by atoms with Crippen LogP contribution in [-0.2, 0) is 15.3 Å². The van der Waals surface area contributed by atoms with Gasteiger partial charge in [0.05, 0.1) is 13.2 Å². The van der Waals surface area contributed by atoms with Crippen molar-refractivity contribution in [2.45, 2.75) is 12.7 Å². The van der Waals surface area contributed by atoms with E-state index in [1.165, 1.54) is 0 Å². The Kier molecular flexibility index (Phi) is 3.36. The van der Waals surface area contributed by atoms with Crippen LogP contribution in [0.3, 0.4) is 0 Å². The summed E-state index contributed by atoms with van der Waals surface area (Å²) in [7, 11) is 0. The highest BCUT2D eigenvalue weighted by Crippen LogP contribution is 2.28. The summed E-state index contributed by atoms with van der Waals surface area (Å²) in [4.78, 5) is 0. The molecule has 0 spiro atoms. The standard InChI is InChI=1S/C12H17NO2/c1-2-14-12(10-13-8-9-15-12)11-6-4-3-5-7-11/h3-7,13H,2,8-10H2,1H3. The van der Waals surface area contributed by atoms with E-state index >= 15 is 0 Å². The van der Waals surface area contributed by atoms with Crippen LogP contribution in [0.15, 0.2) is 30.3 Å². The van der Waals surface area contributed by atoms with E-state index < -0.39 is 5.79 Å². The Bertz CT molecular complexity index is 288. The lowest BCUT2D eigenvalue weighted by Gasteiger charge is -2.37. The summed E-state index contributed by atoms with van der Waals surface area (Å²) in [6.07, 6.45) is 0. The third kappa shape index (κ3) is 2.20. The van der Waals surface area contributed by atoms with Gasteiger partial charge in [0.15, 0.2) is 0 Å². The first-order valence-electron chi connectivity index (χ1n) is 5.41. The molecule has 15 heavy (non-hydrogen) atoms. The van der Waals surface area contributed by atoms with Crippen molar-refractivity contribution in [1.29, 1.82) is 0 Å². The first-order chi connectivity index (χ1) is 7.37. The Balaban J connectivity index is 2.25. The smallest absolute Gasteiger partial charge is 0.207 e. The molecule has 3 nitrogen and oxygen atoms in total. The van der Waals surface area contributed by atoms with Crippen molar-refractivity contribution in [3.63, 3.8) is 0 Å².